The number of benzene rings is 2. The Morgan fingerprint density at radius 3 is 2.55 bits per heavy atom. The van der Waals surface area contributed by atoms with Crippen LogP contribution in [0.1, 0.15) is 33.2 Å². The average molecular weight is 471 g/mol. The van der Waals surface area contributed by atoms with Crippen molar-refractivity contribution in [2.45, 2.75) is 19.5 Å². The summed E-state index contributed by atoms with van der Waals surface area (Å²) in [5.74, 6) is -1.91. The van der Waals surface area contributed by atoms with Gasteiger partial charge in [-0.05, 0) is 36.8 Å². The van der Waals surface area contributed by atoms with E-state index in [2.05, 4.69) is 15.2 Å². The molecular formula is C24H24ClFN4O3. The Hall–Kier alpha value is -3.23. The van der Waals surface area contributed by atoms with Gasteiger partial charge in [-0.2, -0.15) is 0 Å². The molecule has 1 aromatic heterocycles. The predicted octanol–water partition coefficient (Wildman–Crippen LogP) is 3.24. The molecule has 1 atom stereocenters. The van der Waals surface area contributed by atoms with E-state index in [4.69, 9.17) is 11.6 Å². The zero-order valence-corrected chi connectivity index (χ0v) is 19.1. The number of nitrogens with one attached hydrogen (secondary N) is 2. The van der Waals surface area contributed by atoms with Gasteiger partial charge < -0.3 is 15.2 Å². The number of hydrogen-bond donors (Lipinski definition) is 2. The highest BCUT2D eigenvalue weighted by Gasteiger charge is 2.30. The highest BCUT2D eigenvalue weighted by molar-refractivity contribution is 6.45. The van der Waals surface area contributed by atoms with E-state index < -0.39 is 11.7 Å². The smallest absolute Gasteiger partial charge is 0.292 e. The van der Waals surface area contributed by atoms with Gasteiger partial charge in [-0.1, -0.05) is 23.7 Å². The third-order valence-corrected chi connectivity index (χ3v) is 6.28. The predicted molar refractivity (Wildman–Crippen MR) is 124 cm³/mol. The first kappa shape index (κ1) is 22.9. The van der Waals surface area contributed by atoms with Crippen molar-refractivity contribution < 1.29 is 18.8 Å². The number of amides is 2. The van der Waals surface area contributed by atoms with Crippen molar-refractivity contribution in [3.8, 4) is 0 Å². The van der Waals surface area contributed by atoms with E-state index in [1.54, 1.807) is 29.2 Å². The third-order valence-electron chi connectivity index (χ3n) is 5.97. The molecule has 7 nitrogen and oxygen atoms in total. The van der Waals surface area contributed by atoms with Crippen LogP contribution in [0.15, 0.2) is 42.6 Å². The summed E-state index contributed by atoms with van der Waals surface area (Å²) in [4.78, 5) is 44.5. The number of rotatable bonds is 5. The van der Waals surface area contributed by atoms with Crippen molar-refractivity contribution in [3.63, 3.8) is 0 Å². The van der Waals surface area contributed by atoms with Gasteiger partial charge in [0.1, 0.15) is 5.82 Å². The molecule has 33 heavy (non-hydrogen) atoms. The fourth-order valence-electron chi connectivity index (χ4n) is 4.21. The lowest BCUT2D eigenvalue weighted by Crippen LogP contribution is -2.53. The minimum atomic E-state index is -0.732. The number of Topliss-reactive ketones (excluding diaryl/α,β-unsaturated/α-hetero) is 1. The lowest BCUT2D eigenvalue weighted by molar-refractivity contribution is -0.116. The van der Waals surface area contributed by atoms with Gasteiger partial charge in [-0.15, -0.1) is 0 Å². The summed E-state index contributed by atoms with van der Waals surface area (Å²) in [5.41, 5.74) is 2.06. The minimum Gasteiger partial charge on any atom is -0.360 e. The minimum absolute atomic E-state index is 0.0725. The van der Waals surface area contributed by atoms with Gasteiger partial charge in [0.2, 0.25) is 0 Å². The summed E-state index contributed by atoms with van der Waals surface area (Å²) >= 11 is 6.42. The molecule has 0 saturated carbocycles. The summed E-state index contributed by atoms with van der Waals surface area (Å²) < 4.78 is 13.2. The molecule has 3 aromatic rings. The van der Waals surface area contributed by atoms with Gasteiger partial charge in [0, 0.05) is 56.4 Å². The summed E-state index contributed by atoms with van der Waals surface area (Å²) in [6.07, 6.45) is 1.45. The van der Waals surface area contributed by atoms with Gasteiger partial charge >= 0.3 is 0 Å². The first-order chi connectivity index (χ1) is 15.8. The van der Waals surface area contributed by atoms with Crippen molar-refractivity contribution >= 4 is 40.1 Å². The topological polar surface area (TPSA) is 85.5 Å². The number of likely N-dealkylation sites (N-methyl/N-ethyl adjacent to an activating group) is 1. The molecule has 0 bridgehead atoms. The van der Waals surface area contributed by atoms with Crippen LogP contribution < -0.4 is 5.32 Å². The number of nitrogens with zero attached hydrogens (tertiary/aromatic N) is 2. The van der Waals surface area contributed by atoms with Crippen molar-refractivity contribution in [2.75, 3.05) is 26.7 Å². The first-order valence-corrected chi connectivity index (χ1v) is 11.0. The highest BCUT2D eigenvalue weighted by atomic mass is 35.5. The van der Waals surface area contributed by atoms with E-state index in [9.17, 15) is 18.8 Å². The number of carbonyl (C=O) groups excluding carboxylic acids is 3. The zero-order chi connectivity index (χ0) is 23.7. The number of aromatic nitrogens is 1. The quantitative estimate of drug-likeness (QED) is 0.443. The van der Waals surface area contributed by atoms with Crippen molar-refractivity contribution in [2.24, 2.45) is 0 Å². The van der Waals surface area contributed by atoms with E-state index in [-0.39, 0.29) is 33.9 Å². The molecule has 1 aliphatic rings. The van der Waals surface area contributed by atoms with Crippen LogP contribution in [0.5, 0.6) is 0 Å². The van der Waals surface area contributed by atoms with Crippen LogP contribution in [-0.4, -0.2) is 65.1 Å². The van der Waals surface area contributed by atoms with Crippen molar-refractivity contribution in [1.82, 2.24) is 20.1 Å². The number of ketones is 1. The number of hydrogen-bond acceptors (Lipinski definition) is 4. The van der Waals surface area contributed by atoms with E-state index in [0.717, 1.165) is 5.56 Å². The fraction of sp³-hybridized carbons (Fsp3) is 0.292. The monoisotopic (exact) mass is 470 g/mol. The van der Waals surface area contributed by atoms with Crippen molar-refractivity contribution in [3.05, 3.63) is 70.1 Å². The number of halogens is 2. The maximum Gasteiger partial charge on any atom is 0.292 e. The molecule has 9 heteroatoms. The SMILES string of the molecule is CNC(=O)C(=O)c1c[nH]c2cc(Cl)c(C(=O)N3CCN(Cc4ccc(F)cc4)C[C@H]3C)cc12. The lowest BCUT2D eigenvalue weighted by Gasteiger charge is -2.40. The van der Waals surface area contributed by atoms with Crippen LogP contribution in [-0.2, 0) is 11.3 Å². The van der Waals surface area contributed by atoms with Crippen LogP contribution >= 0.6 is 11.6 Å². The zero-order valence-electron chi connectivity index (χ0n) is 18.3. The molecule has 0 aliphatic carbocycles. The Kier molecular flexibility index (Phi) is 6.49. The Morgan fingerprint density at radius 2 is 1.88 bits per heavy atom. The lowest BCUT2D eigenvalue weighted by atomic mass is 10.0. The molecule has 1 aliphatic heterocycles. The van der Waals surface area contributed by atoms with Crippen LogP contribution in [0, 0.1) is 5.82 Å². The first-order valence-electron chi connectivity index (χ1n) is 10.6. The van der Waals surface area contributed by atoms with E-state index in [0.29, 0.717) is 37.1 Å². The molecule has 2 N–H and O–H groups in total. The molecule has 0 unspecified atom stereocenters. The standard InChI is InChI=1S/C24H24ClFN4O3/c1-14-12-29(13-15-3-5-16(26)6-4-15)7-8-30(14)24(33)18-9-17-19(22(31)23(32)27-2)11-28-21(17)10-20(18)25/h3-6,9-11,14,28H,7-8,12-13H2,1-2H3,(H,27,32)/t14-/m1/s1. The number of carbonyl (C=O) groups is 3. The van der Waals surface area contributed by atoms with Crippen molar-refractivity contribution in [1.29, 1.82) is 0 Å². The number of piperazine rings is 1. The van der Waals surface area contributed by atoms with Gasteiger partial charge in [0.25, 0.3) is 17.6 Å². The van der Waals surface area contributed by atoms with Crippen LogP contribution in [0.2, 0.25) is 5.02 Å². The normalized spacial score (nSPS) is 16.7. The maximum absolute atomic E-state index is 13.4. The molecule has 2 heterocycles. The second kappa shape index (κ2) is 9.33. The molecule has 0 spiro atoms. The summed E-state index contributed by atoms with van der Waals surface area (Å²) in [6.45, 7) is 4.48. The Balaban J connectivity index is 1.53. The summed E-state index contributed by atoms with van der Waals surface area (Å²) in [5, 5.41) is 3.07. The summed E-state index contributed by atoms with van der Waals surface area (Å²) in [7, 11) is 1.39. The van der Waals surface area contributed by atoms with E-state index in [1.165, 1.54) is 25.4 Å². The second-order valence-electron chi connectivity index (χ2n) is 8.20. The second-order valence-corrected chi connectivity index (χ2v) is 8.60. The molecule has 2 amide bonds. The van der Waals surface area contributed by atoms with Gasteiger partial charge in [0.15, 0.2) is 0 Å². The van der Waals surface area contributed by atoms with Gasteiger partial charge in [-0.3, -0.25) is 19.3 Å². The largest absolute Gasteiger partial charge is 0.360 e. The Morgan fingerprint density at radius 1 is 1.15 bits per heavy atom. The average Bonchev–Trinajstić information content (AvgIpc) is 3.21. The number of aromatic amines is 1. The van der Waals surface area contributed by atoms with E-state index in [1.807, 2.05) is 6.92 Å². The molecule has 172 valence electrons. The van der Waals surface area contributed by atoms with Gasteiger partial charge in [-0.25, -0.2) is 4.39 Å². The van der Waals surface area contributed by atoms with Crippen LogP contribution in [0.4, 0.5) is 4.39 Å². The molecule has 4 rings (SSSR count). The molecule has 1 fully saturated rings. The summed E-state index contributed by atoms with van der Waals surface area (Å²) in [6, 6.07) is 9.52. The third kappa shape index (κ3) is 4.62. The Labute approximate surface area is 195 Å². The molecule has 2 aromatic carbocycles. The van der Waals surface area contributed by atoms with E-state index >= 15 is 0 Å². The molecule has 1 saturated heterocycles. The molecular weight excluding hydrogens is 447 g/mol. The van der Waals surface area contributed by atoms with Crippen LogP contribution in [0.3, 0.4) is 0 Å². The highest BCUT2D eigenvalue weighted by Crippen LogP contribution is 2.28. The van der Waals surface area contributed by atoms with Gasteiger partial charge in [0.05, 0.1) is 16.1 Å². The molecule has 0 radical (unpaired) electrons. The Bertz CT molecular complexity index is 1220. The number of fused-ring (bicyclic) bond motifs is 1. The maximum atomic E-state index is 13.4. The number of H-pyrrole nitrogens is 1. The van der Waals surface area contributed by atoms with Crippen LogP contribution in [0.25, 0.3) is 10.9 Å². The fourth-order valence-corrected chi connectivity index (χ4v) is 4.46.